The minimum absolute atomic E-state index is 0.0330. The number of alkyl halides is 3. The molecular formula is C21H20ClF3N4OS. The number of anilines is 1. The Kier molecular flexibility index (Phi) is 7.61. The molecule has 1 aromatic heterocycles. The lowest BCUT2D eigenvalue weighted by atomic mass is 10.1. The molecule has 3 rings (SSSR count). The Morgan fingerprint density at radius 3 is 2.58 bits per heavy atom. The molecule has 3 aromatic rings. The van der Waals surface area contributed by atoms with Gasteiger partial charge in [-0.05, 0) is 30.2 Å². The topological polar surface area (TPSA) is 59.8 Å². The van der Waals surface area contributed by atoms with E-state index in [-0.39, 0.29) is 16.5 Å². The highest BCUT2D eigenvalue weighted by Crippen LogP contribution is 2.34. The third kappa shape index (κ3) is 6.24. The molecule has 0 aliphatic rings. The molecule has 0 saturated carbocycles. The van der Waals surface area contributed by atoms with Crippen LogP contribution in [0.2, 0.25) is 5.02 Å². The van der Waals surface area contributed by atoms with E-state index in [0.717, 1.165) is 36.0 Å². The third-order valence-electron chi connectivity index (χ3n) is 4.35. The number of hydrogen-bond donors (Lipinski definition) is 1. The van der Waals surface area contributed by atoms with Gasteiger partial charge in [-0.25, -0.2) is 0 Å². The van der Waals surface area contributed by atoms with Crippen LogP contribution in [-0.4, -0.2) is 26.4 Å². The molecule has 0 aliphatic heterocycles. The second-order valence-corrected chi connectivity index (χ2v) is 8.09. The number of nitrogens with one attached hydrogen (secondary N) is 1. The number of amides is 1. The lowest BCUT2D eigenvalue weighted by molar-refractivity contribution is -0.137. The highest BCUT2D eigenvalue weighted by Gasteiger charge is 2.31. The number of aromatic nitrogens is 3. The van der Waals surface area contributed by atoms with E-state index in [1.54, 1.807) is 0 Å². The summed E-state index contributed by atoms with van der Waals surface area (Å²) in [6, 6.07) is 12.7. The van der Waals surface area contributed by atoms with Crippen LogP contribution in [0.4, 0.5) is 18.9 Å². The molecule has 0 bridgehead atoms. The number of benzene rings is 2. The Balaban J connectivity index is 1.68. The maximum atomic E-state index is 12.9. The van der Waals surface area contributed by atoms with Crippen molar-refractivity contribution in [3.8, 4) is 0 Å². The molecule has 0 unspecified atom stereocenters. The Morgan fingerprint density at radius 1 is 1.16 bits per heavy atom. The summed E-state index contributed by atoms with van der Waals surface area (Å²) >= 11 is 7.11. The fraction of sp³-hybridized carbons (Fsp3) is 0.286. The average Bonchev–Trinajstić information content (AvgIpc) is 3.10. The van der Waals surface area contributed by atoms with E-state index in [9.17, 15) is 18.0 Å². The van der Waals surface area contributed by atoms with Crippen molar-refractivity contribution in [1.29, 1.82) is 0 Å². The number of nitrogens with zero attached hydrogens (tertiary/aromatic N) is 3. The van der Waals surface area contributed by atoms with Gasteiger partial charge in [0.15, 0.2) is 5.16 Å². The minimum Gasteiger partial charge on any atom is -0.324 e. The average molecular weight is 469 g/mol. The van der Waals surface area contributed by atoms with Crippen molar-refractivity contribution in [2.24, 2.45) is 0 Å². The van der Waals surface area contributed by atoms with Crippen LogP contribution in [0.1, 0.15) is 30.3 Å². The van der Waals surface area contributed by atoms with E-state index >= 15 is 0 Å². The molecule has 10 heteroatoms. The highest BCUT2D eigenvalue weighted by molar-refractivity contribution is 7.99. The fourth-order valence-corrected chi connectivity index (χ4v) is 3.85. The molecule has 2 aromatic carbocycles. The van der Waals surface area contributed by atoms with Crippen LogP contribution < -0.4 is 5.32 Å². The zero-order valence-electron chi connectivity index (χ0n) is 16.6. The maximum absolute atomic E-state index is 12.9. The monoisotopic (exact) mass is 468 g/mol. The van der Waals surface area contributed by atoms with Gasteiger partial charge >= 0.3 is 6.18 Å². The van der Waals surface area contributed by atoms with Crippen molar-refractivity contribution in [3.05, 3.63) is 70.5 Å². The molecule has 1 heterocycles. The highest BCUT2D eigenvalue weighted by atomic mass is 35.5. The Bertz CT molecular complexity index is 1040. The predicted molar refractivity (Wildman–Crippen MR) is 115 cm³/mol. The first-order chi connectivity index (χ1) is 14.8. The molecule has 0 fully saturated rings. The van der Waals surface area contributed by atoms with E-state index in [2.05, 4.69) is 15.5 Å². The summed E-state index contributed by atoms with van der Waals surface area (Å²) in [6.07, 6.45) is -3.05. The summed E-state index contributed by atoms with van der Waals surface area (Å²) in [5, 5.41) is 11.5. The van der Waals surface area contributed by atoms with Gasteiger partial charge in [0.05, 0.1) is 22.0 Å². The van der Waals surface area contributed by atoms with Gasteiger partial charge in [-0.1, -0.05) is 60.6 Å². The van der Waals surface area contributed by atoms with E-state index in [1.165, 1.54) is 11.8 Å². The molecular weight excluding hydrogens is 449 g/mol. The molecule has 0 atom stereocenters. The lowest BCUT2D eigenvalue weighted by Gasteiger charge is -2.12. The zero-order valence-corrected chi connectivity index (χ0v) is 18.2. The van der Waals surface area contributed by atoms with E-state index in [4.69, 9.17) is 11.6 Å². The van der Waals surface area contributed by atoms with Crippen LogP contribution in [-0.2, 0) is 23.9 Å². The first-order valence-electron chi connectivity index (χ1n) is 9.53. The molecule has 0 spiro atoms. The largest absolute Gasteiger partial charge is 0.416 e. The Hall–Kier alpha value is -2.52. The molecule has 1 N–H and O–H groups in total. The molecule has 164 valence electrons. The second-order valence-electron chi connectivity index (χ2n) is 6.74. The normalized spacial score (nSPS) is 11.5. The van der Waals surface area contributed by atoms with Gasteiger partial charge < -0.3 is 9.88 Å². The molecule has 31 heavy (non-hydrogen) atoms. The molecule has 1 amide bonds. The SMILES string of the molecule is CCCn1c(Cc2ccccc2)nnc1SCC(=O)Nc1cc(C(F)(F)F)ccc1Cl. The number of rotatable bonds is 8. The van der Waals surface area contributed by atoms with Gasteiger partial charge in [-0.2, -0.15) is 13.2 Å². The quantitative estimate of drug-likeness (QED) is 0.432. The molecule has 0 aliphatic carbocycles. The first-order valence-corrected chi connectivity index (χ1v) is 10.9. The Morgan fingerprint density at radius 2 is 1.90 bits per heavy atom. The van der Waals surface area contributed by atoms with Gasteiger partial charge in [0.25, 0.3) is 0 Å². The summed E-state index contributed by atoms with van der Waals surface area (Å²) < 4.78 is 40.7. The van der Waals surface area contributed by atoms with Crippen LogP contribution >= 0.6 is 23.4 Å². The number of halogens is 4. The smallest absolute Gasteiger partial charge is 0.324 e. The standard InChI is InChI=1S/C21H20ClF3N4OS/c1-2-10-29-18(11-14-6-4-3-5-7-14)27-28-20(29)31-13-19(30)26-17-12-15(21(23,24)25)8-9-16(17)22/h3-9,12H,2,10-11,13H2,1H3,(H,26,30). The lowest BCUT2D eigenvalue weighted by Crippen LogP contribution is -2.16. The summed E-state index contributed by atoms with van der Waals surface area (Å²) in [4.78, 5) is 12.3. The summed E-state index contributed by atoms with van der Waals surface area (Å²) in [5.41, 5.74) is 0.135. The van der Waals surface area contributed by atoms with Crippen molar-refractivity contribution in [1.82, 2.24) is 14.8 Å². The number of thioether (sulfide) groups is 1. The molecule has 5 nitrogen and oxygen atoms in total. The van der Waals surface area contributed by atoms with Gasteiger partial charge in [-0.15, -0.1) is 10.2 Å². The molecule has 0 radical (unpaired) electrons. The summed E-state index contributed by atoms with van der Waals surface area (Å²) in [6.45, 7) is 2.72. The second kappa shape index (κ2) is 10.2. The van der Waals surface area contributed by atoms with Gasteiger partial charge in [-0.3, -0.25) is 4.79 Å². The van der Waals surface area contributed by atoms with Crippen molar-refractivity contribution in [2.75, 3.05) is 11.1 Å². The van der Waals surface area contributed by atoms with Crippen LogP contribution in [0.3, 0.4) is 0 Å². The van der Waals surface area contributed by atoms with Crippen LogP contribution in [0.15, 0.2) is 53.7 Å². The third-order valence-corrected chi connectivity index (χ3v) is 5.64. The summed E-state index contributed by atoms with van der Waals surface area (Å²) in [7, 11) is 0. The first kappa shape index (κ1) is 23.1. The fourth-order valence-electron chi connectivity index (χ4n) is 2.90. The van der Waals surface area contributed by atoms with Gasteiger partial charge in [0.1, 0.15) is 5.82 Å². The van der Waals surface area contributed by atoms with Crippen LogP contribution in [0.5, 0.6) is 0 Å². The van der Waals surface area contributed by atoms with Gasteiger partial charge in [0.2, 0.25) is 5.91 Å². The van der Waals surface area contributed by atoms with Crippen LogP contribution in [0.25, 0.3) is 0 Å². The number of carbonyl (C=O) groups excluding carboxylic acids is 1. The van der Waals surface area contributed by atoms with Crippen molar-refractivity contribution >= 4 is 35.0 Å². The Labute approximate surface area is 187 Å². The van der Waals surface area contributed by atoms with Crippen molar-refractivity contribution < 1.29 is 18.0 Å². The number of carbonyl (C=O) groups is 1. The minimum atomic E-state index is -4.52. The van der Waals surface area contributed by atoms with E-state index in [1.807, 2.05) is 41.8 Å². The van der Waals surface area contributed by atoms with Crippen molar-refractivity contribution in [3.63, 3.8) is 0 Å². The molecule has 0 saturated heterocycles. The predicted octanol–water partition coefficient (Wildman–Crippen LogP) is 5.68. The van der Waals surface area contributed by atoms with Crippen molar-refractivity contribution in [2.45, 2.75) is 37.6 Å². The zero-order chi connectivity index (χ0) is 22.4. The number of hydrogen-bond acceptors (Lipinski definition) is 4. The van der Waals surface area contributed by atoms with Gasteiger partial charge in [0, 0.05) is 13.0 Å². The maximum Gasteiger partial charge on any atom is 0.416 e. The van der Waals surface area contributed by atoms with Crippen LogP contribution in [0, 0.1) is 0 Å². The van der Waals surface area contributed by atoms with E-state index < -0.39 is 17.6 Å². The summed E-state index contributed by atoms with van der Waals surface area (Å²) in [5.74, 6) is 0.263. The van der Waals surface area contributed by atoms with E-state index in [0.29, 0.717) is 18.1 Å².